The molecular weight excluding hydrogens is 200 g/mol. The Kier molecular flexibility index (Phi) is 2.10. The zero-order chi connectivity index (χ0) is 10.6. The molecule has 0 unspecified atom stereocenters. The molecule has 0 bridgehead atoms. The van der Waals surface area contributed by atoms with Gasteiger partial charge in [-0.1, -0.05) is 0 Å². The number of hydrogen-bond acceptors (Lipinski definition) is 5. The molecule has 3 aliphatic rings. The van der Waals surface area contributed by atoms with Crippen LogP contribution in [0.5, 0.6) is 0 Å². The Morgan fingerprint density at radius 3 is 2.40 bits per heavy atom. The molecule has 0 amide bonds. The summed E-state index contributed by atoms with van der Waals surface area (Å²) in [5.41, 5.74) is 0. The molecule has 3 aliphatic heterocycles. The van der Waals surface area contributed by atoms with Gasteiger partial charge < -0.3 is 23.7 Å². The van der Waals surface area contributed by atoms with Gasteiger partial charge >= 0.3 is 0 Å². The normalized spacial score (nSPS) is 51.8. The lowest BCUT2D eigenvalue weighted by molar-refractivity contribution is -0.228. The molecule has 0 radical (unpaired) electrons. The van der Waals surface area contributed by atoms with E-state index in [2.05, 4.69) is 0 Å². The molecule has 0 spiro atoms. The van der Waals surface area contributed by atoms with E-state index in [4.69, 9.17) is 23.7 Å². The molecule has 15 heavy (non-hydrogen) atoms. The highest BCUT2D eigenvalue weighted by Gasteiger charge is 2.59. The average molecular weight is 216 g/mol. The minimum Gasteiger partial charge on any atom is -0.370 e. The van der Waals surface area contributed by atoms with E-state index in [0.29, 0.717) is 0 Å². The van der Waals surface area contributed by atoms with Crippen LogP contribution in [0.1, 0.15) is 13.8 Å². The van der Waals surface area contributed by atoms with Crippen molar-refractivity contribution in [2.75, 3.05) is 13.7 Å². The third-order valence-electron chi connectivity index (χ3n) is 3.00. The van der Waals surface area contributed by atoms with Crippen LogP contribution in [0, 0.1) is 0 Å². The van der Waals surface area contributed by atoms with Gasteiger partial charge in [-0.25, -0.2) is 0 Å². The second-order valence-electron chi connectivity index (χ2n) is 4.64. The van der Waals surface area contributed by atoms with Crippen LogP contribution in [0.15, 0.2) is 0 Å². The van der Waals surface area contributed by atoms with Crippen molar-refractivity contribution in [1.82, 2.24) is 0 Å². The summed E-state index contributed by atoms with van der Waals surface area (Å²) in [7, 11) is 1.62. The lowest BCUT2D eigenvalue weighted by atomic mass is 10.1. The highest BCUT2D eigenvalue weighted by Crippen LogP contribution is 2.42. The van der Waals surface area contributed by atoms with Gasteiger partial charge in [0.25, 0.3) is 0 Å². The summed E-state index contributed by atoms with van der Waals surface area (Å²) in [6, 6.07) is 0. The summed E-state index contributed by atoms with van der Waals surface area (Å²) in [5, 5.41) is 0. The minimum atomic E-state index is -0.553. The van der Waals surface area contributed by atoms with Crippen molar-refractivity contribution >= 4 is 0 Å². The van der Waals surface area contributed by atoms with Gasteiger partial charge in [-0.2, -0.15) is 0 Å². The van der Waals surface area contributed by atoms with Gasteiger partial charge in [0, 0.05) is 7.11 Å². The third-order valence-corrected chi connectivity index (χ3v) is 3.00. The molecule has 3 saturated heterocycles. The van der Waals surface area contributed by atoms with E-state index in [1.165, 1.54) is 0 Å². The maximum absolute atomic E-state index is 5.81. The zero-order valence-corrected chi connectivity index (χ0v) is 9.14. The number of epoxide rings is 1. The lowest BCUT2D eigenvalue weighted by Gasteiger charge is -2.22. The van der Waals surface area contributed by atoms with Crippen molar-refractivity contribution in [1.29, 1.82) is 0 Å². The highest BCUT2D eigenvalue weighted by molar-refractivity contribution is 5.00. The molecule has 3 rings (SSSR count). The van der Waals surface area contributed by atoms with Crippen molar-refractivity contribution in [3.05, 3.63) is 0 Å². The van der Waals surface area contributed by atoms with Gasteiger partial charge in [-0.3, -0.25) is 0 Å². The van der Waals surface area contributed by atoms with Crippen LogP contribution in [-0.4, -0.2) is 50.2 Å². The van der Waals surface area contributed by atoms with Crippen molar-refractivity contribution in [3.63, 3.8) is 0 Å². The smallest absolute Gasteiger partial charge is 0.186 e. The molecule has 5 nitrogen and oxygen atoms in total. The van der Waals surface area contributed by atoms with Gasteiger partial charge in [-0.15, -0.1) is 0 Å². The quantitative estimate of drug-likeness (QED) is 0.620. The highest BCUT2D eigenvalue weighted by atomic mass is 16.8. The second kappa shape index (κ2) is 3.15. The maximum Gasteiger partial charge on any atom is 0.186 e. The van der Waals surface area contributed by atoms with E-state index in [1.54, 1.807) is 7.11 Å². The minimum absolute atomic E-state index is 0.0540. The van der Waals surface area contributed by atoms with Crippen LogP contribution >= 0.6 is 0 Å². The first-order valence-corrected chi connectivity index (χ1v) is 5.26. The SMILES string of the molecule is CO[C@H]1O[C@@H]([C@H]2CO2)[C@@H]2OC(C)(C)O[C@H]12. The van der Waals surface area contributed by atoms with Crippen molar-refractivity contribution in [3.8, 4) is 0 Å². The van der Waals surface area contributed by atoms with Crippen LogP contribution in [-0.2, 0) is 23.7 Å². The first kappa shape index (κ1) is 9.99. The first-order chi connectivity index (χ1) is 7.11. The van der Waals surface area contributed by atoms with Gasteiger partial charge in [0.1, 0.15) is 24.4 Å². The fourth-order valence-electron chi connectivity index (χ4n) is 2.33. The Morgan fingerprint density at radius 2 is 1.80 bits per heavy atom. The largest absolute Gasteiger partial charge is 0.370 e. The summed E-state index contributed by atoms with van der Waals surface area (Å²) >= 11 is 0. The second-order valence-corrected chi connectivity index (χ2v) is 4.64. The molecule has 0 aromatic carbocycles. The first-order valence-electron chi connectivity index (χ1n) is 5.26. The molecule has 0 aliphatic carbocycles. The Bertz CT molecular complexity index is 263. The van der Waals surface area contributed by atoms with E-state index >= 15 is 0 Å². The topological polar surface area (TPSA) is 49.5 Å². The third kappa shape index (κ3) is 1.59. The standard InChI is InChI=1S/C10H16O5/c1-10(2)14-7-6(5-4-12-5)13-9(11-3)8(7)15-10/h5-9H,4H2,1-3H3/t5-,6+,7+,8+,9+/m1/s1. The van der Waals surface area contributed by atoms with Gasteiger partial charge in [0.15, 0.2) is 12.1 Å². The Labute approximate surface area is 88.6 Å². The van der Waals surface area contributed by atoms with E-state index < -0.39 is 5.79 Å². The Balaban J connectivity index is 1.79. The van der Waals surface area contributed by atoms with E-state index in [1.807, 2.05) is 13.8 Å². The molecule has 5 atom stereocenters. The number of fused-ring (bicyclic) bond motifs is 1. The molecule has 5 heteroatoms. The summed E-state index contributed by atoms with van der Waals surface area (Å²) < 4.78 is 27.8. The predicted octanol–water partition coefficient (Wildman–Crippen LogP) is 0.277. The molecule has 0 saturated carbocycles. The molecule has 0 aromatic heterocycles. The Morgan fingerprint density at radius 1 is 1.13 bits per heavy atom. The zero-order valence-electron chi connectivity index (χ0n) is 9.14. The molecule has 3 fully saturated rings. The van der Waals surface area contributed by atoms with E-state index in [9.17, 15) is 0 Å². The number of rotatable bonds is 2. The Hall–Kier alpha value is -0.200. The van der Waals surface area contributed by atoms with Gasteiger partial charge in [-0.05, 0) is 13.8 Å². The molecule has 3 heterocycles. The molecule has 86 valence electrons. The fraction of sp³-hybridized carbons (Fsp3) is 1.00. The summed E-state index contributed by atoms with van der Waals surface area (Å²) in [5.74, 6) is -0.553. The van der Waals surface area contributed by atoms with Crippen LogP contribution in [0.25, 0.3) is 0 Å². The molecule has 0 N–H and O–H groups in total. The molecule has 0 aromatic rings. The van der Waals surface area contributed by atoms with Crippen molar-refractivity contribution in [2.45, 2.75) is 50.3 Å². The maximum atomic E-state index is 5.81. The molecular formula is C10H16O5. The van der Waals surface area contributed by atoms with E-state index in [-0.39, 0.29) is 30.7 Å². The summed E-state index contributed by atoms with van der Waals surface area (Å²) in [6.45, 7) is 4.56. The van der Waals surface area contributed by atoms with Crippen LogP contribution in [0.2, 0.25) is 0 Å². The number of hydrogen-bond donors (Lipinski definition) is 0. The van der Waals surface area contributed by atoms with Gasteiger partial charge in [0.05, 0.1) is 6.61 Å². The van der Waals surface area contributed by atoms with Crippen LogP contribution in [0.3, 0.4) is 0 Å². The lowest BCUT2D eigenvalue weighted by Crippen LogP contribution is -2.33. The number of methoxy groups -OCH3 is 1. The average Bonchev–Trinajstić information content (AvgIpc) is 2.87. The van der Waals surface area contributed by atoms with Crippen LogP contribution in [0.4, 0.5) is 0 Å². The van der Waals surface area contributed by atoms with Crippen molar-refractivity contribution in [2.24, 2.45) is 0 Å². The van der Waals surface area contributed by atoms with Crippen molar-refractivity contribution < 1.29 is 23.7 Å². The van der Waals surface area contributed by atoms with Crippen LogP contribution < -0.4 is 0 Å². The monoisotopic (exact) mass is 216 g/mol. The number of ether oxygens (including phenoxy) is 5. The summed E-state index contributed by atoms with van der Waals surface area (Å²) in [4.78, 5) is 0. The van der Waals surface area contributed by atoms with E-state index in [0.717, 1.165) is 6.61 Å². The fourth-order valence-corrected chi connectivity index (χ4v) is 2.33. The van der Waals surface area contributed by atoms with Gasteiger partial charge in [0.2, 0.25) is 0 Å². The summed E-state index contributed by atoms with van der Waals surface area (Å²) in [6.07, 6.45) is -0.459. The predicted molar refractivity (Wildman–Crippen MR) is 49.2 cm³/mol.